The molecule has 4 amide bonds. The molecular formula is C23H27N5O7. The predicted octanol–water partition coefficient (Wildman–Crippen LogP) is 0.934. The zero-order valence-electron chi connectivity index (χ0n) is 19.5. The van der Waals surface area contributed by atoms with Crippen molar-refractivity contribution in [2.75, 3.05) is 18.5 Å². The largest absolute Gasteiger partial charge is 0.462 e. The molecule has 1 aromatic heterocycles. The molecule has 35 heavy (non-hydrogen) atoms. The van der Waals surface area contributed by atoms with Crippen molar-refractivity contribution in [3.8, 4) is 0 Å². The van der Waals surface area contributed by atoms with Gasteiger partial charge in [0.05, 0.1) is 24.9 Å². The molecule has 12 nitrogen and oxygen atoms in total. The molecule has 0 bridgehead atoms. The van der Waals surface area contributed by atoms with Gasteiger partial charge in [0.1, 0.15) is 11.5 Å². The molecular weight excluding hydrogens is 458 g/mol. The number of anilines is 1. The minimum Gasteiger partial charge on any atom is -0.462 e. The van der Waals surface area contributed by atoms with Gasteiger partial charge in [-0.15, -0.1) is 0 Å². The number of benzene rings is 1. The lowest BCUT2D eigenvalue weighted by atomic mass is 10.2. The van der Waals surface area contributed by atoms with Crippen molar-refractivity contribution in [1.82, 2.24) is 16.1 Å². The lowest BCUT2D eigenvalue weighted by molar-refractivity contribution is -0.139. The minimum atomic E-state index is -0.914. The molecule has 0 aliphatic carbocycles. The van der Waals surface area contributed by atoms with Crippen LogP contribution in [0.4, 0.5) is 5.69 Å². The normalized spacial score (nSPS) is 10.6. The van der Waals surface area contributed by atoms with Crippen molar-refractivity contribution in [2.45, 2.75) is 27.3 Å². The van der Waals surface area contributed by atoms with E-state index in [9.17, 15) is 24.0 Å². The first-order valence-corrected chi connectivity index (χ1v) is 10.8. The Morgan fingerprint density at radius 3 is 2.29 bits per heavy atom. The number of nitrogens with one attached hydrogen (secondary N) is 4. The van der Waals surface area contributed by atoms with Crippen LogP contribution in [0.1, 0.15) is 42.6 Å². The number of furan rings is 1. The predicted molar refractivity (Wildman–Crippen MR) is 125 cm³/mol. The van der Waals surface area contributed by atoms with Crippen molar-refractivity contribution in [2.24, 2.45) is 11.0 Å². The molecule has 0 spiro atoms. The highest BCUT2D eigenvalue weighted by molar-refractivity contribution is 6.39. The molecule has 4 N–H and O–H groups in total. The summed E-state index contributed by atoms with van der Waals surface area (Å²) < 4.78 is 10.3. The van der Waals surface area contributed by atoms with Gasteiger partial charge >= 0.3 is 29.6 Å². The third kappa shape index (κ3) is 9.12. The molecule has 0 aliphatic heterocycles. The summed E-state index contributed by atoms with van der Waals surface area (Å²) in [7, 11) is 0. The molecule has 0 atom stereocenters. The second-order valence-electron chi connectivity index (χ2n) is 7.54. The quantitative estimate of drug-likeness (QED) is 0.177. The highest BCUT2D eigenvalue weighted by Gasteiger charge is 2.15. The maximum atomic E-state index is 12.1. The SMILES string of the molecule is CCOC(=O)c1ccc(NC(=O)C(=O)NCc2ccc(/C=N/NC(=O)C(=O)NCC(C)C)o2)cc1. The maximum absolute atomic E-state index is 12.1. The van der Waals surface area contributed by atoms with Gasteiger partial charge in [0.15, 0.2) is 0 Å². The highest BCUT2D eigenvalue weighted by Crippen LogP contribution is 2.11. The summed E-state index contributed by atoms with van der Waals surface area (Å²) in [5.41, 5.74) is 2.73. The summed E-state index contributed by atoms with van der Waals surface area (Å²) >= 11 is 0. The molecule has 12 heteroatoms. The number of hydrazone groups is 1. The van der Waals surface area contributed by atoms with Crippen LogP contribution in [0.3, 0.4) is 0 Å². The van der Waals surface area contributed by atoms with E-state index < -0.39 is 29.6 Å². The number of nitrogens with zero attached hydrogens (tertiary/aromatic N) is 1. The van der Waals surface area contributed by atoms with Crippen LogP contribution in [0, 0.1) is 5.92 Å². The van der Waals surface area contributed by atoms with E-state index in [0.717, 1.165) is 0 Å². The second kappa shape index (κ2) is 13.3. The van der Waals surface area contributed by atoms with Crippen molar-refractivity contribution in [3.63, 3.8) is 0 Å². The Kier molecular flexibility index (Phi) is 10.2. The Labute approximate surface area is 201 Å². The van der Waals surface area contributed by atoms with Crippen LogP contribution in [0.2, 0.25) is 0 Å². The summed E-state index contributed by atoms with van der Waals surface area (Å²) in [6, 6.07) is 8.96. The van der Waals surface area contributed by atoms with Crippen LogP contribution in [-0.2, 0) is 30.5 Å². The van der Waals surface area contributed by atoms with Crippen LogP contribution in [0.15, 0.2) is 45.9 Å². The van der Waals surface area contributed by atoms with E-state index in [1.54, 1.807) is 13.0 Å². The number of hydrogen-bond acceptors (Lipinski definition) is 8. The zero-order valence-corrected chi connectivity index (χ0v) is 19.5. The monoisotopic (exact) mass is 485 g/mol. The lowest BCUT2D eigenvalue weighted by Gasteiger charge is -2.07. The molecule has 0 saturated heterocycles. The fourth-order valence-corrected chi connectivity index (χ4v) is 2.48. The van der Waals surface area contributed by atoms with Crippen LogP contribution >= 0.6 is 0 Å². The number of ether oxygens (including phenoxy) is 1. The molecule has 0 saturated carbocycles. The number of carbonyl (C=O) groups excluding carboxylic acids is 5. The van der Waals surface area contributed by atoms with Gasteiger partial charge in [0, 0.05) is 12.2 Å². The number of rotatable bonds is 9. The first-order valence-electron chi connectivity index (χ1n) is 10.8. The summed E-state index contributed by atoms with van der Waals surface area (Å²) in [6.07, 6.45) is 1.19. The number of carbonyl (C=O) groups is 5. The van der Waals surface area contributed by atoms with Gasteiger partial charge in [0.25, 0.3) is 0 Å². The molecule has 0 aliphatic rings. The lowest BCUT2D eigenvalue weighted by Crippen LogP contribution is -2.39. The third-order valence-corrected chi connectivity index (χ3v) is 4.20. The van der Waals surface area contributed by atoms with Crippen LogP contribution in [0.25, 0.3) is 0 Å². The van der Waals surface area contributed by atoms with Crippen molar-refractivity contribution < 1.29 is 33.1 Å². The Balaban J connectivity index is 1.78. The molecule has 1 heterocycles. The van der Waals surface area contributed by atoms with Gasteiger partial charge in [-0.1, -0.05) is 13.8 Å². The number of hydrogen-bond donors (Lipinski definition) is 4. The van der Waals surface area contributed by atoms with Gasteiger partial charge in [-0.25, -0.2) is 10.2 Å². The fourth-order valence-electron chi connectivity index (χ4n) is 2.48. The molecule has 186 valence electrons. The van der Waals surface area contributed by atoms with E-state index in [2.05, 4.69) is 26.5 Å². The molecule has 2 aromatic rings. The van der Waals surface area contributed by atoms with E-state index in [1.807, 2.05) is 13.8 Å². The standard InChI is InChI=1S/C23H27N5O7/c1-4-34-23(33)15-5-7-16(8-6-15)27-21(31)19(29)25-12-17-9-10-18(35-17)13-26-28-22(32)20(30)24-11-14(2)3/h5-10,13-14H,4,11-12H2,1-3H3,(H,24,30)(H,25,29)(H,27,31)(H,28,32)/b26-13+. The second-order valence-corrected chi connectivity index (χ2v) is 7.54. The van der Waals surface area contributed by atoms with Crippen molar-refractivity contribution >= 4 is 41.5 Å². The summed E-state index contributed by atoms with van der Waals surface area (Å²) in [5, 5.41) is 10.9. The highest BCUT2D eigenvalue weighted by atomic mass is 16.5. The van der Waals surface area contributed by atoms with Gasteiger partial charge in [-0.05, 0) is 49.2 Å². The van der Waals surface area contributed by atoms with Crippen molar-refractivity contribution in [3.05, 3.63) is 53.5 Å². The Bertz CT molecular complexity index is 1090. The first-order chi connectivity index (χ1) is 16.7. The van der Waals surface area contributed by atoms with E-state index >= 15 is 0 Å². The molecule has 0 radical (unpaired) electrons. The topological polar surface area (TPSA) is 168 Å². The number of amides is 4. The summed E-state index contributed by atoms with van der Waals surface area (Å²) in [4.78, 5) is 58.9. The molecule has 2 rings (SSSR count). The average molecular weight is 485 g/mol. The molecule has 0 fully saturated rings. The number of esters is 1. The van der Waals surface area contributed by atoms with E-state index in [1.165, 1.54) is 36.5 Å². The molecule has 0 unspecified atom stereocenters. The molecule has 1 aromatic carbocycles. The Morgan fingerprint density at radius 1 is 0.943 bits per heavy atom. The van der Waals surface area contributed by atoms with Gasteiger partial charge in [0.2, 0.25) is 0 Å². The van der Waals surface area contributed by atoms with E-state index in [-0.39, 0.29) is 24.8 Å². The van der Waals surface area contributed by atoms with Gasteiger partial charge in [-0.2, -0.15) is 5.10 Å². The third-order valence-electron chi connectivity index (χ3n) is 4.20. The first kappa shape index (κ1) is 26.8. The minimum absolute atomic E-state index is 0.0775. The summed E-state index contributed by atoms with van der Waals surface area (Å²) in [6.45, 7) is 6.02. The Morgan fingerprint density at radius 2 is 1.63 bits per heavy atom. The maximum Gasteiger partial charge on any atom is 0.338 e. The smallest absolute Gasteiger partial charge is 0.338 e. The Hall–Kier alpha value is -4.48. The van der Waals surface area contributed by atoms with Crippen LogP contribution < -0.4 is 21.4 Å². The van der Waals surface area contributed by atoms with E-state index in [0.29, 0.717) is 23.6 Å². The van der Waals surface area contributed by atoms with E-state index in [4.69, 9.17) is 9.15 Å². The van der Waals surface area contributed by atoms with Gasteiger partial charge < -0.3 is 25.1 Å². The fraction of sp³-hybridized carbons (Fsp3) is 0.304. The average Bonchev–Trinajstić information content (AvgIpc) is 3.29. The van der Waals surface area contributed by atoms with Crippen molar-refractivity contribution in [1.29, 1.82) is 0 Å². The summed E-state index contributed by atoms with van der Waals surface area (Å²) in [5.74, 6) is -3.22. The van der Waals surface area contributed by atoms with Crippen LogP contribution in [0.5, 0.6) is 0 Å². The van der Waals surface area contributed by atoms with Gasteiger partial charge in [-0.3, -0.25) is 19.2 Å². The zero-order chi connectivity index (χ0) is 25.8. The van der Waals surface area contributed by atoms with Crippen LogP contribution in [-0.4, -0.2) is 49.0 Å².